The number of hydrogen-bond donors (Lipinski definition) is 1. The van der Waals surface area contributed by atoms with Gasteiger partial charge in [-0.3, -0.25) is 0 Å². The van der Waals surface area contributed by atoms with Crippen LogP contribution >= 0.6 is 15.9 Å². The zero-order chi connectivity index (χ0) is 14.0. The Bertz CT molecular complexity index is 655. The van der Waals surface area contributed by atoms with Gasteiger partial charge in [-0.15, -0.1) is 0 Å². The van der Waals surface area contributed by atoms with Gasteiger partial charge < -0.3 is 5.32 Å². The molecule has 0 saturated heterocycles. The summed E-state index contributed by atoms with van der Waals surface area (Å²) in [5.41, 5.74) is 1.21. The lowest BCUT2D eigenvalue weighted by atomic mass is 10.1. The van der Waals surface area contributed by atoms with Crippen molar-refractivity contribution in [3.05, 3.63) is 57.6 Å². The smallest absolute Gasteiger partial charge is 0.150 e. The average Bonchev–Trinajstić information content (AvgIpc) is 2.34. The highest BCUT2D eigenvalue weighted by Crippen LogP contribution is 2.30. The quantitative estimate of drug-likeness (QED) is 0.873. The number of hydrogen-bond acceptors (Lipinski definition) is 2. The van der Waals surface area contributed by atoms with Crippen LogP contribution in [0.25, 0.3) is 0 Å². The fourth-order valence-corrected chi connectivity index (χ4v) is 2.12. The molecule has 0 unspecified atom stereocenters. The van der Waals surface area contributed by atoms with Crippen LogP contribution in [0.2, 0.25) is 0 Å². The highest BCUT2D eigenvalue weighted by Gasteiger charge is 2.13. The molecule has 0 fully saturated rings. The van der Waals surface area contributed by atoms with E-state index in [0.29, 0.717) is 15.7 Å². The second kappa shape index (κ2) is 5.37. The van der Waals surface area contributed by atoms with Crippen LogP contribution in [0.1, 0.15) is 11.1 Å². The third kappa shape index (κ3) is 2.74. The molecule has 2 rings (SSSR count). The van der Waals surface area contributed by atoms with Gasteiger partial charge in [0.2, 0.25) is 0 Å². The molecule has 19 heavy (non-hydrogen) atoms. The summed E-state index contributed by atoms with van der Waals surface area (Å²) in [5, 5.41) is 11.7. The maximum absolute atomic E-state index is 13.7. The standard InChI is InChI=1S/C14H9BrF2N2/c1-8-3-2-4-9(7-18)13(8)19-14-11(16)5-10(15)6-12(14)17/h2-6,19H,1H3. The molecule has 2 aromatic carbocycles. The van der Waals surface area contributed by atoms with Crippen LogP contribution in [0, 0.1) is 29.9 Å². The molecular weight excluding hydrogens is 314 g/mol. The van der Waals surface area contributed by atoms with Gasteiger partial charge in [-0.05, 0) is 30.7 Å². The molecule has 0 bridgehead atoms. The number of halogens is 3. The summed E-state index contributed by atoms with van der Waals surface area (Å²) in [6.07, 6.45) is 0. The van der Waals surface area contributed by atoms with E-state index in [1.165, 1.54) is 0 Å². The molecule has 96 valence electrons. The Labute approximate surface area is 117 Å². The van der Waals surface area contributed by atoms with Crippen molar-refractivity contribution >= 4 is 27.3 Å². The van der Waals surface area contributed by atoms with Crippen LogP contribution in [-0.2, 0) is 0 Å². The summed E-state index contributed by atoms with van der Waals surface area (Å²) >= 11 is 3.02. The van der Waals surface area contributed by atoms with Gasteiger partial charge in [0.05, 0.1) is 11.3 Å². The van der Waals surface area contributed by atoms with Crippen LogP contribution in [-0.4, -0.2) is 0 Å². The van der Waals surface area contributed by atoms with Gasteiger partial charge in [-0.2, -0.15) is 5.26 Å². The number of anilines is 2. The monoisotopic (exact) mass is 322 g/mol. The molecule has 0 atom stereocenters. The number of benzene rings is 2. The fourth-order valence-electron chi connectivity index (χ4n) is 1.71. The van der Waals surface area contributed by atoms with E-state index >= 15 is 0 Å². The summed E-state index contributed by atoms with van der Waals surface area (Å²) in [6, 6.07) is 9.38. The van der Waals surface area contributed by atoms with Crippen LogP contribution in [0.5, 0.6) is 0 Å². The Kier molecular flexibility index (Phi) is 3.82. The maximum atomic E-state index is 13.7. The number of rotatable bonds is 2. The predicted molar refractivity (Wildman–Crippen MR) is 73.2 cm³/mol. The number of nitrogens with one attached hydrogen (secondary N) is 1. The minimum atomic E-state index is -0.723. The Hall–Kier alpha value is -1.93. The number of nitriles is 1. The van der Waals surface area contributed by atoms with E-state index in [9.17, 15) is 8.78 Å². The largest absolute Gasteiger partial charge is 0.349 e. The zero-order valence-electron chi connectivity index (χ0n) is 9.97. The van der Waals surface area contributed by atoms with Crippen molar-refractivity contribution in [3.8, 4) is 6.07 Å². The highest BCUT2D eigenvalue weighted by molar-refractivity contribution is 9.10. The first-order valence-corrected chi connectivity index (χ1v) is 6.23. The minimum Gasteiger partial charge on any atom is -0.349 e. The van der Waals surface area contributed by atoms with Crippen LogP contribution < -0.4 is 5.32 Å². The minimum absolute atomic E-state index is 0.269. The summed E-state index contributed by atoms with van der Waals surface area (Å²) in [6.45, 7) is 1.76. The summed E-state index contributed by atoms with van der Waals surface area (Å²) in [5.74, 6) is -1.45. The lowest BCUT2D eigenvalue weighted by Gasteiger charge is -2.13. The summed E-state index contributed by atoms with van der Waals surface area (Å²) in [7, 11) is 0. The van der Waals surface area contributed by atoms with E-state index < -0.39 is 11.6 Å². The van der Waals surface area contributed by atoms with Gasteiger partial charge in [-0.25, -0.2) is 8.78 Å². The third-order valence-corrected chi connectivity index (χ3v) is 3.11. The van der Waals surface area contributed by atoms with E-state index in [0.717, 1.165) is 17.7 Å². The third-order valence-electron chi connectivity index (χ3n) is 2.65. The molecule has 0 aliphatic heterocycles. The van der Waals surface area contributed by atoms with E-state index in [1.54, 1.807) is 25.1 Å². The van der Waals surface area contributed by atoms with Gasteiger partial charge in [0.25, 0.3) is 0 Å². The first-order valence-electron chi connectivity index (χ1n) is 5.44. The number of nitrogens with zero attached hydrogens (tertiary/aromatic N) is 1. The maximum Gasteiger partial charge on any atom is 0.150 e. The molecule has 0 aromatic heterocycles. The average molecular weight is 323 g/mol. The van der Waals surface area contributed by atoms with E-state index in [-0.39, 0.29) is 5.69 Å². The Morgan fingerprint density at radius 1 is 1.16 bits per heavy atom. The van der Waals surface area contributed by atoms with Crippen molar-refractivity contribution in [1.29, 1.82) is 5.26 Å². The van der Waals surface area contributed by atoms with Crippen molar-refractivity contribution in [2.45, 2.75) is 6.92 Å². The normalized spacial score (nSPS) is 10.1. The van der Waals surface area contributed by atoms with E-state index in [1.807, 2.05) is 6.07 Å². The topological polar surface area (TPSA) is 35.8 Å². The Morgan fingerprint density at radius 3 is 2.37 bits per heavy atom. The molecule has 2 nitrogen and oxygen atoms in total. The van der Waals surface area contributed by atoms with Crippen molar-refractivity contribution in [1.82, 2.24) is 0 Å². The first kappa shape index (κ1) is 13.5. The highest BCUT2D eigenvalue weighted by atomic mass is 79.9. The lowest BCUT2D eigenvalue weighted by Crippen LogP contribution is -2.01. The Morgan fingerprint density at radius 2 is 1.79 bits per heavy atom. The summed E-state index contributed by atoms with van der Waals surface area (Å²) < 4.78 is 27.8. The molecule has 0 saturated carbocycles. The van der Waals surface area contributed by atoms with Gasteiger partial charge in [0.1, 0.15) is 11.8 Å². The molecule has 0 aliphatic carbocycles. The molecule has 1 N–H and O–H groups in total. The molecule has 5 heteroatoms. The second-order valence-electron chi connectivity index (χ2n) is 3.98. The van der Waals surface area contributed by atoms with Crippen LogP contribution in [0.15, 0.2) is 34.8 Å². The fraction of sp³-hybridized carbons (Fsp3) is 0.0714. The van der Waals surface area contributed by atoms with Gasteiger partial charge >= 0.3 is 0 Å². The lowest BCUT2D eigenvalue weighted by molar-refractivity contribution is 0.589. The number of para-hydroxylation sites is 1. The van der Waals surface area contributed by atoms with E-state index in [2.05, 4.69) is 21.2 Å². The van der Waals surface area contributed by atoms with Gasteiger partial charge in [-0.1, -0.05) is 28.1 Å². The summed E-state index contributed by atoms with van der Waals surface area (Å²) in [4.78, 5) is 0. The van der Waals surface area contributed by atoms with Crippen molar-refractivity contribution in [2.75, 3.05) is 5.32 Å². The van der Waals surface area contributed by atoms with Crippen molar-refractivity contribution < 1.29 is 8.78 Å². The molecule has 0 aliphatic rings. The van der Waals surface area contributed by atoms with E-state index in [4.69, 9.17) is 5.26 Å². The molecule has 0 amide bonds. The molecule has 2 aromatic rings. The van der Waals surface area contributed by atoms with Crippen molar-refractivity contribution in [2.24, 2.45) is 0 Å². The van der Waals surface area contributed by atoms with Crippen molar-refractivity contribution in [3.63, 3.8) is 0 Å². The van der Waals surface area contributed by atoms with Crippen LogP contribution in [0.4, 0.5) is 20.2 Å². The predicted octanol–water partition coefficient (Wildman–Crippen LogP) is 4.65. The first-order chi connectivity index (χ1) is 9.02. The molecule has 0 radical (unpaired) electrons. The molecule has 0 spiro atoms. The number of aryl methyl sites for hydroxylation is 1. The zero-order valence-corrected chi connectivity index (χ0v) is 11.6. The second-order valence-corrected chi connectivity index (χ2v) is 4.89. The van der Waals surface area contributed by atoms with Gasteiger partial charge in [0.15, 0.2) is 11.6 Å². The molecular formula is C14H9BrF2N2. The molecule has 0 heterocycles. The van der Waals surface area contributed by atoms with Gasteiger partial charge in [0, 0.05) is 4.47 Å². The Balaban J connectivity index is 2.51. The SMILES string of the molecule is Cc1cccc(C#N)c1Nc1c(F)cc(Br)cc1F. The van der Waals surface area contributed by atoms with Crippen LogP contribution in [0.3, 0.4) is 0 Å².